The van der Waals surface area contributed by atoms with Crippen LogP contribution in [0.5, 0.6) is 0 Å². The second-order valence-electron chi connectivity index (χ2n) is 8.79. The fourth-order valence-electron chi connectivity index (χ4n) is 3.61. The van der Waals surface area contributed by atoms with Crippen LogP contribution in [0.3, 0.4) is 0 Å². The Bertz CT molecular complexity index is 1040. The molecule has 0 bridgehead atoms. The van der Waals surface area contributed by atoms with Crippen molar-refractivity contribution in [3.8, 4) is 0 Å². The number of carbonyl (C=O) groups excluding carboxylic acids is 3. The van der Waals surface area contributed by atoms with Crippen molar-refractivity contribution in [2.45, 2.75) is 24.0 Å². The second kappa shape index (κ2) is 10.4. The predicted molar refractivity (Wildman–Crippen MR) is 128 cm³/mol. The van der Waals surface area contributed by atoms with Gasteiger partial charge in [-0.1, -0.05) is 24.3 Å². The maximum absolute atomic E-state index is 14.6. The standard InChI is InChI=1S/C24H30FN3O4S/c1-32-14-15-5-7-16(8-6-15)22(28-23(30)17-11-21(29)26-13-17)24(31)27-18-9-10-20(19(25)12-18)33(2,3)4/h5-10,12,17,22H,11,13-14H2,1-4H3,(H,26,29)(H,27,31)(H,28,30)/t17-,22-/m1/s1. The van der Waals surface area contributed by atoms with Crippen molar-refractivity contribution in [1.82, 2.24) is 10.6 Å². The molecule has 3 amide bonds. The van der Waals surface area contributed by atoms with Gasteiger partial charge >= 0.3 is 0 Å². The fraction of sp³-hybridized carbons (Fsp3) is 0.375. The van der Waals surface area contributed by atoms with E-state index in [1.54, 1.807) is 31.4 Å². The Morgan fingerprint density at radius 2 is 1.88 bits per heavy atom. The Morgan fingerprint density at radius 1 is 1.18 bits per heavy atom. The van der Waals surface area contributed by atoms with Crippen LogP contribution in [-0.4, -0.2) is 50.1 Å². The van der Waals surface area contributed by atoms with Crippen LogP contribution in [-0.2, 0) is 25.7 Å². The highest BCUT2D eigenvalue weighted by molar-refractivity contribution is 8.32. The minimum absolute atomic E-state index is 0.0781. The first-order chi connectivity index (χ1) is 15.6. The van der Waals surface area contributed by atoms with Gasteiger partial charge in [0.1, 0.15) is 11.9 Å². The molecule has 33 heavy (non-hydrogen) atoms. The van der Waals surface area contributed by atoms with E-state index in [0.29, 0.717) is 22.8 Å². The van der Waals surface area contributed by atoms with Gasteiger partial charge in [0.2, 0.25) is 11.8 Å². The molecule has 7 nitrogen and oxygen atoms in total. The molecule has 0 radical (unpaired) electrons. The molecule has 0 aromatic heterocycles. The van der Waals surface area contributed by atoms with Gasteiger partial charge in [-0.05, 0) is 48.1 Å². The van der Waals surface area contributed by atoms with E-state index >= 15 is 0 Å². The number of methoxy groups -OCH3 is 1. The number of halogens is 1. The van der Waals surface area contributed by atoms with E-state index in [1.807, 2.05) is 30.9 Å². The molecular weight excluding hydrogens is 445 g/mol. The van der Waals surface area contributed by atoms with E-state index < -0.39 is 33.8 Å². The largest absolute Gasteiger partial charge is 0.380 e. The highest BCUT2D eigenvalue weighted by Crippen LogP contribution is 2.46. The molecule has 0 aliphatic carbocycles. The number of anilines is 1. The molecule has 0 unspecified atom stereocenters. The minimum Gasteiger partial charge on any atom is -0.380 e. The summed E-state index contributed by atoms with van der Waals surface area (Å²) in [5.74, 6) is -2.03. The number of hydrogen-bond acceptors (Lipinski definition) is 4. The second-order valence-corrected chi connectivity index (χ2v) is 12.9. The maximum atomic E-state index is 14.6. The number of ether oxygens (including phenoxy) is 1. The van der Waals surface area contributed by atoms with Crippen LogP contribution < -0.4 is 16.0 Å². The Kier molecular flexibility index (Phi) is 7.76. The summed E-state index contributed by atoms with van der Waals surface area (Å²) in [6, 6.07) is 10.7. The molecule has 0 saturated carbocycles. The van der Waals surface area contributed by atoms with Gasteiger partial charge < -0.3 is 20.7 Å². The van der Waals surface area contributed by atoms with E-state index in [2.05, 4.69) is 16.0 Å². The summed E-state index contributed by atoms with van der Waals surface area (Å²) in [6.45, 7) is 0.647. The van der Waals surface area contributed by atoms with Gasteiger partial charge in [-0.3, -0.25) is 14.4 Å². The predicted octanol–water partition coefficient (Wildman–Crippen LogP) is 2.96. The van der Waals surface area contributed by atoms with E-state index in [-0.39, 0.29) is 24.7 Å². The summed E-state index contributed by atoms with van der Waals surface area (Å²) in [7, 11) is 0.325. The van der Waals surface area contributed by atoms with Crippen molar-refractivity contribution >= 4 is 33.4 Å². The number of rotatable bonds is 8. The lowest BCUT2D eigenvalue weighted by Gasteiger charge is -2.26. The van der Waals surface area contributed by atoms with Crippen molar-refractivity contribution in [2.24, 2.45) is 5.92 Å². The third-order valence-corrected chi connectivity index (χ3v) is 7.03. The van der Waals surface area contributed by atoms with Crippen molar-refractivity contribution in [1.29, 1.82) is 0 Å². The van der Waals surface area contributed by atoms with E-state index in [4.69, 9.17) is 4.74 Å². The Balaban J connectivity index is 1.83. The molecule has 2 aromatic carbocycles. The van der Waals surface area contributed by atoms with Gasteiger partial charge in [0.05, 0.1) is 12.5 Å². The van der Waals surface area contributed by atoms with Gasteiger partial charge in [-0.25, -0.2) is 14.4 Å². The molecule has 1 aliphatic heterocycles. The van der Waals surface area contributed by atoms with Gasteiger partial charge in [0, 0.05) is 30.7 Å². The number of amides is 3. The Labute approximate surface area is 194 Å². The highest BCUT2D eigenvalue weighted by Gasteiger charge is 2.32. The normalized spacial score (nSPS) is 17.2. The fourth-order valence-corrected chi connectivity index (χ4v) is 4.73. The van der Waals surface area contributed by atoms with Crippen LogP contribution in [0, 0.1) is 11.7 Å². The molecule has 1 aliphatic rings. The molecule has 1 heterocycles. The number of hydrogen-bond donors (Lipinski definition) is 3. The van der Waals surface area contributed by atoms with Crippen molar-refractivity contribution in [2.75, 3.05) is 37.7 Å². The quantitative estimate of drug-likeness (QED) is 0.547. The zero-order valence-electron chi connectivity index (χ0n) is 19.2. The first kappa shape index (κ1) is 24.7. The van der Waals surface area contributed by atoms with Crippen LogP contribution in [0.1, 0.15) is 23.6 Å². The molecule has 3 rings (SSSR count). The molecular formula is C24H30FN3O4S. The topological polar surface area (TPSA) is 96.5 Å². The molecule has 1 fully saturated rings. The lowest BCUT2D eigenvalue weighted by Crippen LogP contribution is -2.40. The van der Waals surface area contributed by atoms with Crippen LogP contribution in [0.25, 0.3) is 0 Å². The lowest BCUT2D eigenvalue weighted by atomic mass is 10.0. The van der Waals surface area contributed by atoms with Crippen LogP contribution in [0.2, 0.25) is 0 Å². The Hall–Kier alpha value is -2.91. The first-order valence-corrected chi connectivity index (χ1v) is 13.4. The zero-order chi connectivity index (χ0) is 24.2. The zero-order valence-corrected chi connectivity index (χ0v) is 20.1. The molecule has 2 atom stereocenters. The third-order valence-electron chi connectivity index (χ3n) is 5.38. The van der Waals surface area contributed by atoms with Crippen molar-refractivity contribution in [3.05, 3.63) is 59.4 Å². The monoisotopic (exact) mass is 475 g/mol. The molecule has 3 N–H and O–H groups in total. The van der Waals surface area contributed by atoms with Crippen molar-refractivity contribution < 1.29 is 23.5 Å². The highest BCUT2D eigenvalue weighted by atomic mass is 32.3. The molecule has 9 heteroatoms. The number of nitrogens with one attached hydrogen (secondary N) is 3. The van der Waals surface area contributed by atoms with E-state index in [0.717, 1.165) is 5.56 Å². The minimum atomic E-state index is -1.27. The Morgan fingerprint density at radius 3 is 2.42 bits per heavy atom. The smallest absolute Gasteiger partial charge is 0.251 e. The summed E-state index contributed by atoms with van der Waals surface area (Å²) >= 11 is 0. The summed E-state index contributed by atoms with van der Waals surface area (Å²) in [5.41, 5.74) is 1.78. The maximum Gasteiger partial charge on any atom is 0.251 e. The van der Waals surface area contributed by atoms with Crippen molar-refractivity contribution in [3.63, 3.8) is 0 Å². The summed E-state index contributed by atoms with van der Waals surface area (Å²) in [5, 5.41) is 8.09. The summed E-state index contributed by atoms with van der Waals surface area (Å²) < 4.78 is 19.8. The van der Waals surface area contributed by atoms with Gasteiger partial charge in [-0.15, -0.1) is 0 Å². The van der Waals surface area contributed by atoms with E-state index in [1.165, 1.54) is 6.07 Å². The van der Waals surface area contributed by atoms with Gasteiger partial charge in [0.15, 0.2) is 0 Å². The van der Waals surface area contributed by atoms with Crippen LogP contribution in [0.15, 0.2) is 47.4 Å². The molecule has 0 spiro atoms. The molecule has 1 saturated heterocycles. The van der Waals surface area contributed by atoms with Crippen LogP contribution in [0.4, 0.5) is 10.1 Å². The lowest BCUT2D eigenvalue weighted by molar-refractivity contribution is -0.129. The summed E-state index contributed by atoms with van der Waals surface area (Å²) in [6.07, 6.45) is 6.05. The van der Waals surface area contributed by atoms with E-state index in [9.17, 15) is 18.8 Å². The van der Waals surface area contributed by atoms with Crippen LogP contribution >= 0.6 is 10.0 Å². The first-order valence-electron chi connectivity index (χ1n) is 10.5. The number of benzene rings is 2. The molecule has 178 valence electrons. The average Bonchev–Trinajstić information content (AvgIpc) is 3.18. The number of carbonyl (C=O) groups is 3. The van der Waals surface area contributed by atoms with Gasteiger partial charge in [-0.2, -0.15) is 0 Å². The average molecular weight is 476 g/mol. The third kappa shape index (κ3) is 6.33. The molecule has 2 aromatic rings. The summed E-state index contributed by atoms with van der Waals surface area (Å²) in [4.78, 5) is 38.1. The SMILES string of the molecule is COCc1ccc([C@@H](NC(=O)[C@H]2CNC(=O)C2)C(=O)Nc2ccc(S(C)(C)C)c(F)c2)cc1. The van der Waals surface area contributed by atoms with Gasteiger partial charge in [0.25, 0.3) is 5.91 Å².